The van der Waals surface area contributed by atoms with Gasteiger partial charge in [0.25, 0.3) is 0 Å². The third-order valence-electron chi connectivity index (χ3n) is 6.99. The first-order valence-corrected chi connectivity index (χ1v) is 12.0. The zero-order valence-corrected chi connectivity index (χ0v) is 19.6. The molecule has 3 unspecified atom stereocenters. The molecule has 2 aliphatic carbocycles. The number of hydrogen-bond donors (Lipinski definition) is 3. The van der Waals surface area contributed by atoms with Crippen molar-refractivity contribution in [1.29, 1.82) is 0 Å². The van der Waals surface area contributed by atoms with Gasteiger partial charge in [0, 0.05) is 5.92 Å². The molecule has 2 aromatic rings. The van der Waals surface area contributed by atoms with Crippen molar-refractivity contribution in [2.45, 2.75) is 57.5 Å². The van der Waals surface area contributed by atoms with Gasteiger partial charge < -0.3 is 20.5 Å². The molecular formula is C27H32N2O5. The van der Waals surface area contributed by atoms with E-state index in [0.29, 0.717) is 18.8 Å². The summed E-state index contributed by atoms with van der Waals surface area (Å²) in [5.74, 6) is -1.46. The van der Waals surface area contributed by atoms with Gasteiger partial charge in [-0.1, -0.05) is 81.6 Å². The molecule has 0 spiro atoms. The standard InChI is InChI=1S/C27H32N2O5/c1-3-16(2)24(25(30)28-23(26(31)32)14-17-12-13-17)29-27(33)34-15-22-20-10-6-4-8-18(20)19-9-5-7-11-21(19)22/h4-11,16-17,22-24H,3,12-15H2,1-2H3,(H,28,30)(H,29,33)(H,31,32). The smallest absolute Gasteiger partial charge is 0.407 e. The Labute approximate surface area is 199 Å². The Morgan fingerprint density at radius 3 is 2.12 bits per heavy atom. The minimum absolute atomic E-state index is 0.0797. The summed E-state index contributed by atoms with van der Waals surface area (Å²) >= 11 is 0. The molecule has 0 aliphatic heterocycles. The summed E-state index contributed by atoms with van der Waals surface area (Å²) in [6.45, 7) is 3.92. The number of carbonyl (C=O) groups excluding carboxylic acids is 2. The highest BCUT2D eigenvalue weighted by atomic mass is 16.5. The second kappa shape index (κ2) is 10.3. The number of fused-ring (bicyclic) bond motifs is 3. The lowest BCUT2D eigenvalue weighted by Crippen LogP contribution is -2.54. The highest BCUT2D eigenvalue weighted by molar-refractivity contribution is 5.89. The fourth-order valence-electron chi connectivity index (χ4n) is 4.64. The van der Waals surface area contributed by atoms with Crippen molar-refractivity contribution in [3.63, 3.8) is 0 Å². The number of hydrogen-bond acceptors (Lipinski definition) is 4. The van der Waals surface area contributed by atoms with Crippen LogP contribution in [0.1, 0.15) is 56.6 Å². The van der Waals surface area contributed by atoms with Gasteiger partial charge >= 0.3 is 12.1 Å². The average Bonchev–Trinajstić information content (AvgIpc) is 3.60. The van der Waals surface area contributed by atoms with Gasteiger partial charge in [0.05, 0.1) is 0 Å². The van der Waals surface area contributed by atoms with Crippen molar-refractivity contribution >= 4 is 18.0 Å². The number of amides is 2. The average molecular weight is 465 g/mol. The minimum Gasteiger partial charge on any atom is -0.480 e. The monoisotopic (exact) mass is 464 g/mol. The van der Waals surface area contributed by atoms with Crippen LogP contribution in [0.4, 0.5) is 4.79 Å². The molecule has 0 bridgehead atoms. The summed E-state index contributed by atoms with van der Waals surface area (Å²) in [6.07, 6.45) is 2.36. The first-order valence-electron chi connectivity index (χ1n) is 12.0. The van der Waals surface area contributed by atoms with E-state index in [1.54, 1.807) is 0 Å². The van der Waals surface area contributed by atoms with Crippen molar-refractivity contribution in [3.8, 4) is 11.1 Å². The number of aliphatic carboxylic acids is 1. The van der Waals surface area contributed by atoms with E-state index >= 15 is 0 Å². The fraction of sp³-hybridized carbons (Fsp3) is 0.444. The summed E-state index contributed by atoms with van der Waals surface area (Å²) in [5.41, 5.74) is 4.49. The van der Waals surface area contributed by atoms with Crippen LogP contribution < -0.4 is 10.6 Å². The zero-order valence-electron chi connectivity index (χ0n) is 19.6. The number of alkyl carbamates (subject to hydrolysis) is 1. The maximum absolute atomic E-state index is 12.9. The summed E-state index contributed by atoms with van der Waals surface area (Å²) in [7, 11) is 0. The molecule has 0 saturated heterocycles. The first-order chi connectivity index (χ1) is 16.4. The first kappa shape index (κ1) is 23.8. The van der Waals surface area contributed by atoms with Crippen LogP contribution in [0.2, 0.25) is 0 Å². The zero-order chi connectivity index (χ0) is 24.2. The van der Waals surface area contributed by atoms with Crippen molar-refractivity contribution in [2.24, 2.45) is 11.8 Å². The number of benzene rings is 2. The quantitative estimate of drug-likeness (QED) is 0.486. The van der Waals surface area contributed by atoms with E-state index < -0.39 is 30.1 Å². The largest absolute Gasteiger partial charge is 0.480 e. The van der Waals surface area contributed by atoms with Crippen LogP contribution in [0, 0.1) is 11.8 Å². The second-order valence-corrected chi connectivity index (χ2v) is 9.41. The third kappa shape index (κ3) is 5.24. The van der Waals surface area contributed by atoms with Gasteiger partial charge in [0.15, 0.2) is 0 Å². The SMILES string of the molecule is CCC(C)C(NC(=O)OCC1c2ccccc2-c2ccccc21)C(=O)NC(CC1CC1)C(=O)O. The molecule has 0 radical (unpaired) electrons. The maximum atomic E-state index is 12.9. The van der Waals surface area contributed by atoms with Crippen LogP contribution in [-0.4, -0.2) is 41.8 Å². The topological polar surface area (TPSA) is 105 Å². The lowest BCUT2D eigenvalue weighted by molar-refractivity contribution is -0.142. The highest BCUT2D eigenvalue weighted by Crippen LogP contribution is 2.44. The molecule has 3 N–H and O–H groups in total. The Balaban J connectivity index is 1.40. The Hall–Kier alpha value is -3.35. The molecule has 180 valence electrons. The third-order valence-corrected chi connectivity index (χ3v) is 6.99. The normalized spacial score (nSPS) is 17.1. The molecule has 7 nitrogen and oxygen atoms in total. The molecule has 2 aromatic carbocycles. The van der Waals surface area contributed by atoms with Crippen LogP contribution >= 0.6 is 0 Å². The van der Waals surface area contributed by atoms with E-state index in [4.69, 9.17) is 4.74 Å². The van der Waals surface area contributed by atoms with E-state index in [1.807, 2.05) is 50.2 Å². The fourth-order valence-corrected chi connectivity index (χ4v) is 4.64. The summed E-state index contributed by atoms with van der Waals surface area (Å²) in [6, 6.07) is 14.3. The van der Waals surface area contributed by atoms with Gasteiger partial charge in [-0.25, -0.2) is 9.59 Å². The second-order valence-electron chi connectivity index (χ2n) is 9.41. The van der Waals surface area contributed by atoms with Crippen LogP contribution in [-0.2, 0) is 14.3 Å². The summed E-state index contributed by atoms with van der Waals surface area (Å²) < 4.78 is 5.60. The van der Waals surface area contributed by atoms with Gasteiger partial charge in [0.2, 0.25) is 5.91 Å². The molecule has 2 amide bonds. The molecule has 7 heteroatoms. The lowest BCUT2D eigenvalue weighted by atomic mass is 9.97. The molecular weight excluding hydrogens is 432 g/mol. The Morgan fingerprint density at radius 1 is 1.00 bits per heavy atom. The number of rotatable bonds is 10. The molecule has 0 aromatic heterocycles. The Kier molecular flexibility index (Phi) is 7.20. The van der Waals surface area contributed by atoms with Crippen molar-refractivity contribution in [1.82, 2.24) is 10.6 Å². The van der Waals surface area contributed by atoms with E-state index in [2.05, 4.69) is 22.8 Å². The molecule has 4 rings (SSSR count). The minimum atomic E-state index is -1.05. The van der Waals surface area contributed by atoms with Crippen molar-refractivity contribution in [2.75, 3.05) is 6.61 Å². The van der Waals surface area contributed by atoms with Crippen LogP contribution in [0.25, 0.3) is 11.1 Å². The Bertz CT molecular complexity index is 1020. The molecule has 2 aliphatic rings. The predicted molar refractivity (Wildman–Crippen MR) is 128 cm³/mol. The van der Waals surface area contributed by atoms with Gasteiger partial charge in [0.1, 0.15) is 18.7 Å². The van der Waals surface area contributed by atoms with Crippen LogP contribution in [0.5, 0.6) is 0 Å². The number of carboxylic acid groups (broad SMARTS) is 1. The number of carbonyl (C=O) groups is 3. The summed E-state index contributed by atoms with van der Waals surface area (Å²) in [4.78, 5) is 37.3. The number of ether oxygens (including phenoxy) is 1. The van der Waals surface area contributed by atoms with E-state index in [0.717, 1.165) is 35.1 Å². The highest BCUT2D eigenvalue weighted by Gasteiger charge is 2.34. The molecule has 34 heavy (non-hydrogen) atoms. The van der Waals surface area contributed by atoms with Gasteiger partial charge in [-0.3, -0.25) is 4.79 Å². The van der Waals surface area contributed by atoms with Crippen LogP contribution in [0.3, 0.4) is 0 Å². The predicted octanol–water partition coefficient (Wildman–Crippen LogP) is 4.31. The lowest BCUT2D eigenvalue weighted by Gasteiger charge is -2.25. The molecule has 0 heterocycles. The van der Waals surface area contributed by atoms with Crippen molar-refractivity contribution in [3.05, 3.63) is 59.7 Å². The number of nitrogens with one attached hydrogen (secondary N) is 2. The Morgan fingerprint density at radius 2 is 1.59 bits per heavy atom. The van der Waals surface area contributed by atoms with Crippen LogP contribution in [0.15, 0.2) is 48.5 Å². The molecule has 3 atom stereocenters. The molecule has 1 saturated carbocycles. The summed E-state index contributed by atoms with van der Waals surface area (Å²) in [5, 5.41) is 14.8. The van der Waals surface area contributed by atoms with Gasteiger partial charge in [-0.05, 0) is 40.5 Å². The van der Waals surface area contributed by atoms with Crippen molar-refractivity contribution < 1.29 is 24.2 Å². The molecule has 1 fully saturated rings. The number of carboxylic acids is 1. The van der Waals surface area contributed by atoms with E-state index in [9.17, 15) is 19.5 Å². The van der Waals surface area contributed by atoms with Gasteiger partial charge in [-0.2, -0.15) is 0 Å². The van der Waals surface area contributed by atoms with Gasteiger partial charge in [-0.15, -0.1) is 0 Å². The van der Waals surface area contributed by atoms with E-state index in [-0.39, 0.29) is 18.4 Å². The van der Waals surface area contributed by atoms with E-state index in [1.165, 1.54) is 0 Å². The maximum Gasteiger partial charge on any atom is 0.407 e.